The third-order valence-electron chi connectivity index (χ3n) is 3.25. The number of nitrogens with one attached hydrogen (secondary N) is 1. The number of thiophene rings is 1. The average molecular weight is 301 g/mol. The summed E-state index contributed by atoms with van der Waals surface area (Å²) in [7, 11) is 0. The largest absolute Gasteiger partial charge is 0.397 e. The molecule has 1 aromatic carbocycles. The molecular weight excluding hydrogens is 286 g/mol. The van der Waals surface area contributed by atoms with E-state index in [1.165, 1.54) is 11.3 Å². The molecule has 0 fully saturated rings. The molecule has 2 aromatic heterocycles. The number of anilines is 1. The number of rotatable bonds is 4. The van der Waals surface area contributed by atoms with Crippen LogP contribution in [0.3, 0.4) is 0 Å². The lowest BCUT2D eigenvalue weighted by molar-refractivity contribution is 0.0956. The standard InChI is InChI=1S/C15H15N3O2S/c16-12-10-8-9-4-1-2-5-11(9)18-15(10)21-13(12)14(20)17-6-3-7-19/h1-2,4-5,8,19H,3,6-7,16H2,(H,17,20). The number of aliphatic hydroxyl groups is 1. The van der Waals surface area contributed by atoms with Gasteiger partial charge >= 0.3 is 0 Å². The van der Waals surface area contributed by atoms with E-state index in [0.717, 1.165) is 21.1 Å². The zero-order valence-electron chi connectivity index (χ0n) is 11.3. The molecule has 2 heterocycles. The van der Waals surface area contributed by atoms with Gasteiger partial charge in [0.05, 0.1) is 11.2 Å². The van der Waals surface area contributed by atoms with Crippen molar-refractivity contribution in [3.63, 3.8) is 0 Å². The number of para-hydroxylation sites is 1. The molecule has 0 saturated carbocycles. The molecular formula is C15H15N3O2S. The first kappa shape index (κ1) is 13.8. The number of benzene rings is 1. The topological polar surface area (TPSA) is 88.2 Å². The summed E-state index contributed by atoms with van der Waals surface area (Å²) >= 11 is 1.29. The molecule has 0 aliphatic heterocycles. The maximum Gasteiger partial charge on any atom is 0.263 e. The van der Waals surface area contributed by atoms with E-state index in [1.807, 2.05) is 30.3 Å². The van der Waals surface area contributed by atoms with E-state index >= 15 is 0 Å². The van der Waals surface area contributed by atoms with E-state index in [1.54, 1.807) is 0 Å². The summed E-state index contributed by atoms with van der Waals surface area (Å²) in [5.74, 6) is -0.215. The van der Waals surface area contributed by atoms with Gasteiger partial charge in [-0.3, -0.25) is 4.79 Å². The van der Waals surface area contributed by atoms with Crippen molar-refractivity contribution in [1.29, 1.82) is 0 Å². The number of nitrogens with two attached hydrogens (primary N) is 1. The van der Waals surface area contributed by atoms with E-state index in [0.29, 0.717) is 23.5 Å². The number of aromatic nitrogens is 1. The van der Waals surface area contributed by atoms with Crippen LogP contribution in [0.5, 0.6) is 0 Å². The van der Waals surface area contributed by atoms with Crippen molar-refractivity contribution < 1.29 is 9.90 Å². The minimum Gasteiger partial charge on any atom is -0.397 e. The van der Waals surface area contributed by atoms with Gasteiger partial charge in [-0.25, -0.2) is 4.98 Å². The quantitative estimate of drug-likeness (QED) is 0.644. The van der Waals surface area contributed by atoms with Crippen LogP contribution in [0, 0.1) is 0 Å². The molecule has 108 valence electrons. The molecule has 3 rings (SSSR count). The van der Waals surface area contributed by atoms with Gasteiger partial charge in [-0.2, -0.15) is 0 Å². The molecule has 6 heteroatoms. The summed E-state index contributed by atoms with van der Waals surface area (Å²) in [5, 5.41) is 13.3. The Morgan fingerprint density at radius 3 is 3.00 bits per heavy atom. The molecule has 0 unspecified atom stereocenters. The summed E-state index contributed by atoms with van der Waals surface area (Å²) in [6.45, 7) is 0.480. The van der Waals surface area contributed by atoms with Gasteiger partial charge in [-0.1, -0.05) is 18.2 Å². The van der Waals surface area contributed by atoms with Crippen LogP contribution >= 0.6 is 11.3 Å². The van der Waals surface area contributed by atoms with Crippen LogP contribution in [0.4, 0.5) is 5.69 Å². The predicted molar refractivity (Wildman–Crippen MR) is 85.6 cm³/mol. The summed E-state index contributed by atoms with van der Waals surface area (Å²) in [5.41, 5.74) is 7.45. The van der Waals surface area contributed by atoms with Crippen LogP contribution in [-0.4, -0.2) is 29.1 Å². The highest BCUT2D eigenvalue weighted by Gasteiger charge is 2.17. The minimum absolute atomic E-state index is 0.0507. The van der Waals surface area contributed by atoms with E-state index in [9.17, 15) is 4.79 Å². The Bertz CT molecular complexity index is 813. The molecule has 21 heavy (non-hydrogen) atoms. The first-order chi connectivity index (χ1) is 10.2. The first-order valence-electron chi connectivity index (χ1n) is 6.67. The number of nitrogen functional groups attached to an aromatic ring is 1. The number of nitrogens with zero attached hydrogens (tertiary/aromatic N) is 1. The molecule has 0 aliphatic rings. The Kier molecular flexibility index (Phi) is 3.72. The Balaban J connectivity index is 2.02. The highest BCUT2D eigenvalue weighted by atomic mass is 32.1. The van der Waals surface area contributed by atoms with Gasteiger partial charge in [0.2, 0.25) is 0 Å². The number of hydrogen-bond donors (Lipinski definition) is 3. The van der Waals surface area contributed by atoms with E-state index in [2.05, 4.69) is 10.3 Å². The van der Waals surface area contributed by atoms with Gasteiger partial charge in [0, 0.05) is 23.9 Å². The predicted octanol–water partition coefficient (Wildman–Crippen LogP) is 2.14. The average Bonchev–Trinajstić information content (AvgIpc) is 2.82. The number of fused-ring (bicyclic) bond motifs is 2. The summed E-state index contributed by atoms with van der Waals surface area (Å²) in [6, 6.07) is 9.75. The second kappa shape index (κ2) is 5.67. The molecule has 1 amide bonds. The van der Waals surface area contributed by atoms with Crippen molar-refractivity contribution >= 4 is 44.1 Å². The van der Waals surface area contributed by atoms with Crippen molar-refractivity contribution in [3.05, 3.63) is 35.2 Å². The molecule has 0 bridgehead atoms. The second-order valence-electron chi connectivity index (χ2n) is 4.71. The highest BCUT2D eigenvalue weighted by molar-refractivity contribution is 7.21. The fourth-order valence-electron chi connectivity index (χ4n) is 2.17. The Morgan fingerprint density at radius 2 is 2.19 bits per heavy atom. The molecule has 0 atom stereocenters. The summed E-state index contributed by atoms with van der Waals surface area (Å²) < 4.78 is 0. The van der Waals surface area contributed by atoms with Crippen LogP contribution in [0.2, 0.25) is 0 Å². The lowest BCUT2D eigenvalue weighted by Gasteiger charge is -2.02. The van der Waals surface area contributed by atoms with Crippen LogP contribution in [0.25, 0.3) is 21.1 Å². The van der Waals surface area contributed by atoms with Gasteiger partial charge in [-0.05, 0) is 18.6 Å². The van der Waals surface area contributed by atoms with Crippen molar-refractivity contribution in [3.8, 4) is 0 Å². The number of amides is 1. The third kappa shape index (κ3) is 2.55. The zero-order valence-corrected chi connectivity index (χ0v) is 12.1. The second-order valence-corrected chi connectivity index (χ2v) is 5.71. The lowest BCUT2D eigenvalue weighted by Crippen LogP contribution is -2.24. The monoisotopic (exact) mass is 301 g/mol. The fraction of sp³-hybridized carbons (Fsp3) is 0.200. The van der Waals surface area contributed by atoms with Crippen LogP contribution < -0.4 is 11.1 Å². The summed E-state index contributed by atoms with van der Waals surface area (Å²) in [6.07, 6.45) is 0.526. The maximum absolute atomic E-state index is 12.1. The third-order valence-corrected chi connectivity index (χ3v) is 4.36. The van der Waals surface area contributed by atoms with Crippen molar-refractivity contribution in [2.45, 2.75) is 6.42 Å². The SMILES string of the molecule is Nc1c(C(=O)NCCCO)sc2nc3ccccc3cc12. The molecule has 4 N–H and O–H groups in total. The molecule has 0 radical (unpaired) electrons. The molecule has 0 aliphatic carbocycles. The van der Waals surface area contributed by atoms with Crippen LogP contribution in [0.15, 0.2) is 30.3 Å². The van der Waals surface area contributed by atoms with E-state index in [4.69, 9.17) is 10.8 Å². The number of pyridine rings is 1. The first-order valence-corrected chi connectivity index (χ1v) is 7.49. The number of carbonyl (C=O) groups excluding carboxylic acids is 1. The Morgan fingerprint density at radius 1 is 1.38 bits per heavy atom. The Labute approximate surface area is 125 Å². The maximum atomic E-state index is 12.1. The fourth-order valence-corrected chi connectivity index (χ4v) is 3.17. The van der Waals surface area contributed by atoms with Gasteiger partial charge in [0.1, 0.15) is 9.71 Å². The van der Waals surface area contributed by atoms with Crippen molar-refractivity contribution in [2.75, 3.05) is 18.9 Å². The highest BCUT2D eigenvalue weighted by Crippen LogP contribution is 2.34. The van der Waals surface area contributed by atoms with Gasteiger partial charge in [-0.15, -0.1) is 11.3 Å². The van der Waals surface area contributed by atoms with Crippen LogP contribution in [-0.2, 0) is 0 Å². The number of aliphatic hydroxyl groups excluding tert-OH is 1. The molecule has 0 saturated heterocycles. The molecule has 3 aromatic rings. The van der Waals surface area contributed by atoms with E-state index < -0.39 is 0 Å². The zero-order chi connectivity index (χ0) is 14.8. The number of hydrogen-bond acceptors (Lipinski definition) is 5. The van der Waals surface area contributed by atoms with Crippen molar-refractivity contribution in [1.82, 2.24) is 10.3 Å². The Hall–Kier alpha value is -2.18. The molecule has 5 nitrogen and oxygen atoms in total. The van der Waals surface area contributed by atoms with Gasteiger partial charge in [0.25, 0.3) is 5.91 Å². The molecule has 0 spiro atoms. The normalized spacial score (nSPS) is 11.1. The van der Waals surface area contributed by atoms with Crippen LogP contribution in [0.1, 0.15) is 16.1 Å². The minimum atomic E-state index is -0.215. The lowest BCUT2D eigenvalue weighted by atomic mass is 10.1. The smallest absolute Gasteiger partial charge is 0.263 e. The summed E-state index contributed by atoms with van der Waals surface area (Å²) in [4.78, 5) is 17.9. The van der Waals surface area contributed by atoms with E-state index in [-0.39, 0.29) is 12.5 Å². The van der Waals surface area contributed by atoms with Crippen molar-refractivity contribution in [2.24, 2.45) is 0 Å². The van der Waals surface area contributed by atoms with Gasteiger partial charge < -0.3 is 16.2 Å². The van der Waals surface area contributed by atoms with Gasteiger partial charge in [0.15, 0.2) is 0 Å². The number of carbonyl (C=O) groups is 1.